The number of carbonyl (C=O) groups excluding carboxylic acids is 1. The first-order valence-electron chi connectivity index (χ1n) is 8.68. The standard InChI is InChI=1S/C18H29N3O2/c1-3-21(4-2)12-13-23-17-10-6-5-8-15(17)14-20-18(22)16-9-7-11-19-16/h5-6,8,10,16,19H,3-4,7,9,11-14H2,1-2H3,(H,20,22). The van der Waals surface area contributed by atoms with E-state index < -0.39 is 0 Å². The highest BCUT2D eigenvalue weighted by atomic mass is 16.5. The Bertz CT molecular complexity index is 483. The molecule has 23 heavy (non-hydrogen) atoms. The summed E-state index contributed by atoms with van der Waals surface area (Å²) in [5.41, 5.74) is 1.03. The van der Waals surface area contributed by atoms with Crippen molar-refractivity contribution in [3.8, 4) is 5.75 Å². The molecule has 2 N–H and O–H groups in total. The van der Waals surface area contributed by atoms with Crippen LogP contribution in [0.1, 0.15) is 32.3 Å². The van der Waals surface area contributed by atoms with E-state index in [4.69, 9.17) is 4.74 Å². The Kier molecular flexibility index (Phi) is 7.36. The second kappa shape index (κ2) is 9.53. The summed E-state index contributed by atoms with van der Waals surface area (Å²) in [6.07, 6.45) is 2.00. The minimum atomic E-state index is -0.0363. The molecule has 1 aromatic carbocycles. The van der Waals surface area contributed by atoms with Gasteiger partial charge in [-0.1, -0.05) is 32.0 Å². The van der Waals surface area contributed by atoms with E-state index in [1.165, 1.54) is 0 Å². The fourth-order valence-corrected chi connectivity index (χ4v) is 2.83. The number of rotatable bonds is 9. The number of ether oxygens (including phenoxy) is 1. The monoisotopic (exact) mass is 319 g/mol. The second-order valence-electron chi connectivity index (χ2n) is 5.85. The van der Waals surface area contributed by atoms with Crippen LogP contribution in [0.4, 0.5) is 0 Å². The molecule has 1 amide bonds. The Morgan fingerprint density at radius 3 is 2.83 bits per heavy atom. The van der Waals surface area contributed by atoms with Gasteiger partial charge in [0.25, 0.3) is 0 Å². The number of para-hydroxylation sites is 1. The molecular weight excluding hydrogens is 290 g/mol. The molecule has 0 saturated carbocycles. The smallest absolute Gasteiger partial charge is 0.237 e. The topological polar surface area (TPSA) is 53.6 Å². The van der Waals surface area contributed by atoms with Crippen molar-refractivity contribution in [2.45, 2.75) is 39.3 Å². The molecule has 1 heterocycles. The number of nitrogens with zero attached hydrogens (tertiary/aromatic N) is 1. The van der Waals surface area contributed by atoms with Crippen molar-refractivity contribution in [2.75, 3.05) is 32.8 Å². The summed E-state index contributed by atoms with van der Waals surface area (Å²) in [5, 5.41) is 6.23. The van der Waals surface area contributed by atoms with Crippen LogP contribution < -0.4 is 15.4 Å². The van der Waals surface area contributed by atoms with Gasteiger partial charge in [0.1, 0.15) is 12.4 Å². The summed E-state index contributed by atoms with van der Waals surface area (Å²) in [4.78, 5) is 14.4. The van der Waals surface area contributed by atoms with E-state index in [1.807, 2.05) is 24.3 Å². The minimum absolute atomic E-state index is 0.0363. The van der Waals surface area contributed by atoms with Gasteiger partial charge < -0.3 is 20.3 Å². The second-order valence-corrected chi connectivity index (χ2v) is 5.85. The van der Waals surface area contributed by atoms with Crippen LogP contribution in [0.25, 0.3) is 0 Å². The van der Waals surface area contributed by atoms with Crippen LogP contribution in [0.15, 0.2) is 24.3 Å². The molecule has 5 nitrogen and oxygen atoms in total. The van der Waals surface area contributed by atoms with Crippen molar-refractivity contribution in [1.29, 1.82) is 0 Å². The number of hydrogen-bond acceptors (Lipinski definition) is 4. The fraction of sp³-hybridized carbons (Fsp3) is 0.611. The van der Waals surface area contributed by atoms with Crippen LogP contribution in [0.5, 0.6) is 5.75 Å². The highest BCUT2D eigenvalue weighted by Gasteiger charge is 2.21. The Balaban J connectivity index is 1.83. The number of amides is 1. The zero-order chi connectivity index (χ0) is 16.5. The number of nitrogens with one attached hydrogen (secondary N) is 2. The predicted molar refractivity (Wildman–Crippen MR) is 92.6 cm³/mol. The Morgan fingerprint density at radius 2 is 2.13 bits per heavy atom. The number of hydrogen-bond donors (Lipinski definition) is 2. The molecule has 1 aliphatic heterocycles. The molecule has 128 valence electrons. The molecule has 0 radical (unpaired) electrons. The largest absolute Gasteiger partial charge is 0.492 e. The molecule has 0 spiro atoms. The van der Waals surface area contributed by atoms with E-state index >= 15 is 0 Å². The maximum absolute atomic E-state index is 12.1. The lowest BCUT2D eigenvalue weighted by Gasteiger charge is -2.19. The number of likely N-dealkylation sites (N-methyl/N-ethyl adjacent to an activating group) is 1. The summed E-state index contributed by atoms with van der Waals surface area (Å²) in [6, 6.07) is 7.89. The zero-order valence-corrected chi connectivity index (χ0v) is 14.3. The first kappa shape index (κ1) is 17.8. The summed E-state index contributed by atoms with van der Waals surface area (Å²) < 4.78 is 5.92. The van der Waals surface area contributed by atoms with Gasteiger partial charge in [-0.15, -0.1) is 0 Å². The lowest BCUT2D eigenvalue weighted by molar-refractivity contribution is -0.122. The number of benzene rings is 1. The van der Waals surface area contributed by atoms with Gasteiger partial charge in [0.15, 0.2) is 0 Å². The third kappa shape index (κ3) is 5.52. The summed E-state index contributed by atoms with van der Waals surface area (Å²) in [6.45, 7) is 9.41. The molecular formula is C18H29N3O2. The predicted octanol–water partition coefficient (Wildman–Crippen LogP) is 1.78. The third-order valence-electron chi connectivity index (χ3n) is 4.36. The van der Waals surface area contributed by atoms with Gasteiger partial charge in [0.2, 0.25) is 5.91 Å². The molecule has 0 bridgehead atoms. The van der Waals surface area contributed by atoms with Gasteiger partial charge in [-0.25, -0.2) is 0 Å². The highest BCUT2D eigenvalue weighted by Crippen LogP contribution is 2.18. The van der Waals surface area contributed by atoms with Crippen LogP contribution in [-0.4, -0.2) is 49.6 Å². The van der Waals surface area contributed by atoms with E-state index in [1.54, 1.807) is 0 Å². The molecule has 1 saturated heterocycles. The SMILES string of the molecule is CCN(CC)CCOc1ccccc1CNC(=O)C1CCCN1. The van der Waals surface area contributed by atoms with Crippen molar-refractivity contribution in [1.82, 2.24) is 15.5 Å². The van der Waals surface area contributed by atoms with Crippen LogP contribution in [0.3, 0.4) is 0 Å². The number of carbonyl (C=O) groups is 1. The molecule has 1 unspecified atom stereocenters. The van der Waals surface area contributed by atoms with Gasteiger partial charge in [-0.3, -0.25) is 4.79 Å². The first-order chi connectivity index (χ1) is 11.2. The highest BCUT2D eigenvalue weighted by molar-refractivity contribution is 5.82. The van der Waals surface area contributed by atoms with Crippen molar-refractivity contribution in [2.24, 2.45) is 0 Å². The molecule has 0 aliphatic carbocycles. The molecule has 1 atom stereocenters. The minimum Gasteiger partial charge on any atom is -0.492 e. The Morgan fingerprint density at radius 1 is 1.35 bits per heavy atom. The Labute approximate surface area is 139 Å². The summed E-state index contributed by atoms with van der Waals surface area (Å²) >= 11 is 0. The first-order valence-corrected chi connectivity index (χ1v) is 8.68. The van der Waals surface area contributed by atoms with Gasteiger partial charge in [-0.2, -0.15) is 0 Å². The summed E-state index contributed by atoms with van der Waals surface area (Å²) in [5.74, 6) is 0.944. The fourth-order valence-electron chi connectivity index (χ4n) is 2.83. The van der Waals surface area contributed by atoms with Crippen LogP contribution in [0, 0.1) is 0 Å². The van der Waals surface area contributed by atoms with E-state index in [9.17, 15) is 4.79 Å². The van der Waals surface area contributed by atoms with E-state index in [0.29, 0.717) is 13.2 Å². The lowest BCUT2D eigenvalue weighted by atomic mass is 10.2. The van der Waals surface area contributed by atoms with Crippen LogP contribution in [0.2, 0.25) is 0 Å². The van der Waals surface area contributed by atoms with Gasteiger partial charge in [-0.05, 0) is 38.5 Å². The van der Waals surface area contributed by atoms with Crippen molar-refractivity contribution < 1.29 is 9.53 Å². The average Bonchev–Trinajstić information content (AvgIpc) is 3.12. The van der Waals surface area contributed by atoms with Crippen LogP contribution >= 0.6 is 0 Å². The van der Waals surface area contributed by atoms with Crippen molar-refractivity contribution in [3.05, 3.63) is 29.8 Å². The third-order valence-corrected chi connectivity index (χ3v) is 4.36. The maximum Gasteiger partial charge on any atom is 0.237 e. The Hall–Kier alpha value is -1.59. The van der Waals surface area contributed by atoms with E-state index in [-0.39, 0.29) is 11.9 Å². The van der Waals surface area contributed by atoms with Crippen LogP contribution in [-0.2, 0) is 11.3 Å². The average molecular weight is 319 g/mol. The molecule has 5 heteroatoms. The van der Waals surface area contributed by atoms with Gasteiger partial charge >= 0.3 is 0 Å². The normalized spacial score (nSPS) is 17.4. The lowest BCUT2D eigenvalue weighted by Crippen LogP contribution is -2.40. The zero-order valence-electron chi connectivity index (χ0n) is 14.3. The van der Waals surface area contributed by atoms with Gasteiger partial charge in [0.05, 0.1) is 6.04 Å². The van der Waals surface area contributed by atoms with E-state index in [2.05, 4.69) is 29.4 Å². The van der Waals surface area contributed by atoms with Crippen molar-refractivity contribution in [3.63, 3.8) is 0 Å². The van der Waals surface area contributed by atoms with Crippen molar-refractivity contribution >= 4 is 5.91 Å². The van der Waals surface area contributed by atoms with E-state index in [0.717, 1.165) is 50.3 Å². The molecule has 1 aliphatic rings. The molecule has 0 aromatic heterocycles. The maximum atomic E-state index is 12.1. The quantitative estimate of drug-likeness (QED) is 0.728. The molecule has 1 fully saturated rings. The molecule has 2 rings (SSSR count). The summed E-state index contributed by atoms with van der Waals surface area (Å²) in [7, 11) is 0. The van der Waals surface area contributed by atoms with Gasteiger partial charge in [0, 0.05) is 18.7 Å². The molecule has 1 aromatic rings.